The minimum atomic E-state index is -0.921. The fraction of sp³-hybridized carbons (Fsp3) is 0.143. The molecule has 2 aromatic rings. The van der Waals surface area contributed by atoms with Crippen LogP contribution in [0.4, 0.5) is 8.78 Å². The van der Waals surface area contributed by atoms with E-state index in [0.717, 1.165) is 12.1 Å². The lowest BCUT2D eigenvalue weighted by molar-refractivity contribution is 0.0784. The van der Waals surface area contributed by atoms with Gasteiger partial charge in [-0.15, -0.1) is 0 Å². The van der Waals surface area contributed by atoms with Crippen LogP contribution in [0.15, 0.2) is 41.1 Å². The van der Waals surface area contributed by atoms with Crippen molar-refractivity contribution < 1.29 is 13.6 Å². The van der Waals surface area contributed by atoms with Crippen LogP contribution in [0.2, 0.25) is 0 Å². The predicted octanol–water partition coefficient (Wildman–Crippen LogP) is 3.39. The fourth-order valence-electron chi connectivity index (χ4n) is 1.74. The van der Waals surface area contributed by atoms with E-state index in [1.807, 2.05) is 0 Å². The summed E-state index contributed by atoms with van der Waals surface area (Å²) in [4.78, 5) is 17.5. The average molecular weight is 341 g/mol. The Hall–Kier alpha value is -1.82. The third-order valence-electron chi connectivity index (χ3n) is 2.72. The van der Waals surface area contributed by atoms with Crippen molar-refractivity contribution in [2.24, 2.45) is 0 Å². The second-order valence-corrected chi connectivity index (χ2v) is 5.09. The summed E-state index contributed by atoms with van der Waals surface area (Å²) < 4.78 is 26.5. The highest BCUT2D eigenvalue weighted by Crippen LogP contribution is 2.14. The van der Waals surface area contributed by atoms with Gasteiger partial charge >= 0.3 is 0 Å². The molecule has 0 unspecified atom stereocenters. The molecule has 0 aliphatic rings. The van der Waals surface area contributed by atoms with Crippen molar-refractivity contribution in [3.63, 3.8) is 0 Å². The smallest absolute Gasteiger partial charge is 0.254 e. The van der Waals surface area contributed by atoms with Gasteiger partial charge in [0.1, 0.15) is 4.60 Å². The van der Waals surface area contributed by atoms with Gasteiger partial charge in [-0.25, -0.2) is 13.8 Å². The maximum atomic E-state index is 13.1. The first-order valence-corrected chi connectivity index (χ1v) is 6.57. The highest BCUT2D eigenvalue weighted by molar-refractivity contribution is 9.10. The number of carbonyl (C=O) groups excluding carboxylic acids is 1. The lowest BCUT2D eigenvalue weighted by atomic mass is 10.2. The van der Waals surface area contributed by atoms with Crippen LogP contribution in [-0.4, -0.2) is 22.8 Å². The molecule has 0 spiro atoms. The summed E-state index contributed by atoms with van der Waals surface area (Å²) in [6.45, 7) is 0.190. The second-order valence-electron chi connectivity index (χ2n) is 4.28. The van der Waals surface area contributed by atoms with E-state index in [2.05, 4.69) is 20.9 Å². The standard InChI is InChI=1S/C14H11BrF2N2O/c1-19(8-9-2-3-11(16)12(17)6-9)14(20)10-4-5-18-13(15)7-10/h2-7H,8H2,1H3. The molecule has 0 bridgehead atoms. The van der Waals surface area contributed by atoms with Crippen molar-refractivity contribution >= 4 is 21.8 Å². The highest BCUT2D eigenvalue weighted by Gasteiger charge is 2.13. The summed E-state index contributed by atoms with van der Waals surface area (Å²) in [5.41, 5.74) is 0.991. The van der Waals surface area contributed by atoms with Crippen LogP contribution in [0.1, 0.15) is 15.9 Å². The van der Waals surface area contributed by atoms with E-state index in [0.29, 0.717) is 15.7 Å². The van der Waals surface area contributed by atoms with E-state index in [1.54, 1.807) is 19.2 Å². The largest absolute Gasteiger partial charge is 0.337 e. The maximum Gasteiger partial charge on any atom is 0.254 e. The Morgan fingerprint density at radius 2 is 2.00 bits per heavy atom. The van der Waals surface area contributed by atoms with Gasteiger partial charge in [-0.3, -0.25) is 4.79 Å². The number of carbonyl (C=O) groups is 1. The summed E-state index contributed by atoms with van der Waals surface area (Å²) in [7, 11) is 1.60. The average Bonchev–Trinajstić information content (AvgIpc) is 2.42. The summed E-state index contributed by atoms with van der Waals surface area (Å²) in [5.74, 6) is -2.05. The third kappa shape index (κ3) is 3.39. The zero-order valence-corrected chi connectivity index (χ0v) is 12.2. The Morgan fingerprint density at radius 3 is 2.65 bits per heavy atom. The lowest BCUT2D eigenvalue weighted by Gasteiger charge is -2.17. The molecule has 0 saturated carbocycles. The van der Waals surface area contributed by atoms with Crippen LogP contribution in [0.3, 0.4) is 0 Å². The Kier molecular flexibility index (Phi) is 4.44. The van der Waals surface area contributed by atoms with Crippen molar-refractivity contribution in [3.05, 3.63) is 63.9 Å². The van der Waals surface area contributed by atoms with Gasteiger partial charge in [-0.1, -0.05) is 6.07 Å². The predicted molar refractivity (Wildman–Crippen MR) is 74.1 cm³/mol. The van der Waals surface area contributed by atoms with Crippen LogP contribution in [0, 0.1) is 11.6 Å². The summed E-state index contributed by atoms with van der Waals surface area (Å²) in [5, 5.41) is 0. The topological polar surface area (TPSA) is 33.2 Å². The number of benzene rings is 1. The summed E-state index contributed by atoms with van der Waals surface area (Å²) >= 11 is 3.19. The third-order valence-corrected chi connectivity index (χ3v) is 3.16. The number of amides is 1. The zero-order chi connectivity index (χ0) is 14.7. The molecule has 1 amide bonds. The molecule has 0 N–H and O–H groups in total. The van der Waals surface area contributed by atoms with Crippen LogP contribution in [0.5, 0.6) is 0 Å². The molecule has 1 aromatic heterocycles. The monoisotopic (exact) mass is 340 g/mol. The summed E-state index contributed by atoms with van der Waals surface area (Å²) in [6, 6.07) is 6.77. The highest BCUT2D eigenvalue weighted by atomic mass is 79.9. The molecule has 0 aliphatic carbocycles. The van der Waals surface area contributed by atoms with E-state index < -0.39 is 11.6 Å². The van der Waals surface area contributed by atoms with Gasteiger partial charge < -0.3 is 4.90 Å². The fourth-order valence-corrected chi connectivity index (χ4v) is 2.10. The van der Waals surface area contributed by atoms with E-state index >= 15 is 0 Å². The van der Waals surface area contributed by atoms with Crippen molar-refractivity contribution in [2.45, 2.75) is 6.54 Å². The summed E-state index contributed by atoms with van der Waals surface area (Å²) in [6.07, 6.45) is 1.52. The van der Waals surface area contributed by atoms with E-state index in [1.165, 1.54) is 17.2 Å². The second kappa shape index (κ2) is 6.09. The number of hydrogen-bond donors (Lipinski definition) is 0. The molecule has 0 saturated heterocycles. The molecule has 3 nitrogen and oxygen atoms in total. The minimum absolute atomic E-state index is 0.190. The lowest BCUT2D eigenvalue weighted by Crippen LogP contribution is -2.26. The van der Waals surface area contributed by atoms with Crippen LogP contribution in [0.25, 0.3) is 0 Å². The molecular formula is C14H11BrF2N2O. The molecule has 0 aliphatic heterocycles. The van der Waals surface area contributed by atoms with Crippen LogP contribution < -0.4 is 0 Å². The van der Waals surface area contributed by atoms with Crippen LogP contribution >= 0.6 is 15.9 Å². The molecule has 0 fully saturated rings. The van der Waals surface area contributed by atoms with E-state index in [4.69, 9.17) is 0 Å². The molecule has 2 rings (SSSR count). The first kappa shape index (κ1) is 14.6. The van der Waals surface area contributed by atoms with Crippen LogP contribution in [-0.2, 0) is 6.54 Å². The van der Waals surface area contributed by atoms with Crippen molar-refractivity contribution in [1.29, 1.82) is 0 Å². The minimum Gasteiger partial charge on any atom is -0.337 e. The maximum absolute atomic E-state index is 13.1. The zero-order valence-electron chi connectivity index (χ0n) is 10.6. The van der Waals surface area contributed by atoms with Gasteiger partial charge in [0, 0.05) is 25.4 Å². The number of hydrogen-bond acceptors (Lipinski definition) is 2. The van der Waals surface area contributed by atoms with Gasteiger partial charge in [-0.05, 0) is 45.8 Å². The number of halogens is 3. The van der Waals surface area contributed by atoms with Gasteiger partial charge in [0.2, 0.25) is 0 Å². The first-order valence-electron chi connectivity index (χ1n) is 5.78. The molecule has 1 heterocycles. The number of pyridine rings is 1. The molecular weight excluding hydrogens is 330 g/mol. The molecule has 6 heteroatoms. The Labute approximate surface area is 123 Å². The number of rotatable bonds is 3. The van der Waals surface area contributed by atoms with Gasteiger partial charge in [0.05, 0.1) is 0 Å². The Bertz CT molecular complexity index is 649. The SMILES string of the molecule is CN(Cc1ccc(F)c(F)c1)C(=O)c1ccnc(Br)c1. The van der Waals surface area contributed by atoms with Gasteiger partial charge in [-0.2, -0.15) is 0 Å². The van der Waals surface area contributed by atoms with Gasteiger partial charge in [0.15, 0.2) is 11.6 Å². The molecule has 1 aromatic carbocycles. The number of aromatic nitrogens is 1. The number of nitrogens with zero attached hydrogens (tertiary/aromatic N) is 2. The normalized spacial score (nSPS) is 10.4. The Morgan fingerprint density at radius 1 is 1.25 bits per heavy atom. The molecule has 104 valence electrons. The van der Waals surface area contributed by atoms with Gasteiger partial charge in [0.25, 0.3) is 5.91 Å². The quantitative estimate of drug-likeness (QED) is 0.802. The van der Waals surface area contributed by atoms with Crippen molar-refractivity contribution in [1.82, 2.24) is 9.88 Å². The molecule has 20 heavy (non-hydrogen) atoms. The van der Waals surface area contributed by atoms with E-state index in [-0.39, 0.29) is 12.5 Å². The van der Waals surface area contributed by atoms with E-state index in [9.17, 15) is 13.6 Å². The van der Waals surface area contributed by atoms with Crippen molar-refractivity contribution in [3.8, 4) is 0 Å². The Balaban J connectivity index is 2.13. The molecule has 0 atom stereocenters. The molecule has 0 radical (unpaired) electrons. The van der Waals surface area contributed by atoms with Crippen molar-refractivity contribution in [2.75, 3.05) is 7.05 Å². The first-order chi connectivity index (χ1) is 9.47.